The smallest absolute Gasteiger partial charge is 0.0991 e. The molecule has 3 N–H and O–H groups in total. The molecule has 0 saturated carbocycles. The molecule has 0 bridgehead atoms. The number of nitrogens with zero attached hydrogens (tertiary/aromatic N) is 3. The monoisotopic (exact) mass is 289 g/mol. The van der Waals surface area contributed by atoms with Crippen molar-refractivity contribution in [1.82, 2.24) is 15.1 Å². The highest BCUT2D eigenvalue weighted by atomic mass is 35.5. The van der Waals surface area contributed by atoms with Crippen LogP contribution in [0.25, 0.3) is 11.3 Å². The minimum absolute atomic E-state index is 0.564. The Balaban J connectivity index is 2.35. The van der Waals surface area contributed by atoms with Crippen LogP contribution in [0.5, 0.6) is 0 Å². The van der Waals surface area contributed by atoms with Gasteiger partial charge in [0, 0.05) is 37.0 Å². The van der Waals surface area contributed by atoms with E-state index in [0.717, 1.165) is 29.9 Å². The van der Waals surface area contributed by atoms with Crippen molar-refractivity contribution >= 4 is 11.6 Å². The Bertz CT molecular complexity index is 629. The van der Waals surface area contributed by atoms with Gasteiger partial charge in [0.1, 0.15) is 0 Å². The van der Waals surface area contributed by atoms with E-state index < -0.39 is 0 Å². The zero-order valence-electron chi connectivity index (χ0n) is 11.2. The number of likely N-dealkylation sites (N-methyl/N-ethyl adjacent to an activating group) is 1. The Morgan fingerprint density at radius 2 is 2.30 bits per heavy atom. The number of benzene rings is 1. The molecule has 0 spiro atoms. The molecule has 0 atom stereocenters. The van der Waals surface area contributed by atoms with Crippen LogP contribution >= 0.6 is 11.6 Å². The number of rotatable bonds is 5. The lowest BCUT2D eigenvalue weighted by Gasteiger charge is -2.15. The highest BCUT2D eigenvalue weighted by molar-refractivity contribution is 6.33. The number of aromatic amines is 1. The Labute approximate surface area is 123 Å². The SMILES string of the molecule is CN(CCN)Cc1c[nH]nc1-c1cc(C#N)ccc1Cl. The topological polar surface area (TPSA) is 81.7 Å². The van der Waals surface area contributed by atoms with E-state index in [1.807, 2.05) is 13.2 Å². The molecule has 1 heterocycles. The van der Waals surface area contributed by atoms with E-state index >= 15 is 0 Å². The van der Waals surface area contributed by atoms with Crippen molar-refractivity contribution in [2.24, 2.45) is 5.73 Å². The molecule has 0 aliphatic rings. The van der Waals surface area contributed by atoms with Gasteiger partial charge in [0.05, 0.1) is 22.3 Å². The lowest BCUT2D eigenvalue weighted by Crippen LogP contribution is -2.25. The lowest BCUT2D eigenvalue weighted by molar-refractivity contribution is 0.337. The molecule has 2 rings (SSSR count). The van der Waals surface area contributed by atoms with Gasteiger partial charge in [-0.2, -0.15) is 10.4 Å². The Morgan fingerprint density at radius 1 is 1.50 bits per heavy atom. The van der Waals surface area contributed by atoms with Gasteiger partial charge < -0.3 is 10.6 Å². The molecule has 5 nitrogen and oxygen atoms in total. The van der Waals surface area contributed by atoms with Crippen molar-refractivity contribution in [1.29, 1.82) is 5.26 Å². The predicted octanol–water partition coefficient (Wildman–Crippen LogP) is 1.99. The first-order valence-corrected chi connectivity index (χ1v) is 6.64. The Morgan fingerprint density at radius 3 is 3.00 bits per heavy atom. The summed E-state index contributed by atoms with van der Waals surface area (Å²) >= 11 is 6.22. The molecule has 1 aromatic carbocycles. The van der Waals surface area contributed by atoms with Crippen LogP contribution in [-0.4, -0.2) is 35.2 Å². The van der Waals surface area contributed by atoms with Crippen molar-refractivity contribution in [3.8, 4) is 17.3 Å². The third-order valence-corrected chi connectivity index (χ3v) is 3.35. The Kier molecular flexibility index (Phi) is 4.74. The summed E-state index contributed by atoms with van der Waals surface area (Å²) in [6, 6.07) is 7.28. The second-order valence-electron chi connectivity index (χ2n) is 4.59. The fourth-order valence-corrected chi connectivity index (χ4v) is 2.24. The molecule has 0 unspecified atom stereocenters. The summed E-state index contributed by atoms with van der Waals surface area (Å²) in [4.78, 5) is 2.11. The van der Waals surface area contributed by atoms with Crippen LogP contribution in [0.1, 0.15) is 11.1 Å². The summed E-state index contributed by atoms with van der Waals surface area (Å²) in [5, 5.41) is 16.7. The van der Waals surface area contributed by atoms with Crippen LogP contribution in [0.15, 0.2) is 24.4 Å². The zero-order chi connectivity index (χ0) is 14.5. The van der Waals surface area contributed by atoms with Crippen molar-refractivity contribution in [2.45, 2.75) is 6.54 Å². The van der Waals surface area contributed by atoms with Crippen LogP contribution in [0.2, 0.25) is 5.02 Å². The zero-order valence-corrected chi connectivity index (χ0v) is 12.0. The van der Waals surface area contributed by atoms with E-state index in [1.54, 1.807) is 18.2 Å². The van der Waals surface area contributed by atoms with Crippen LogP contribution in [-0.2, 0) is 6.54 Å². The molecule has 6 heteroatoms. The van der Waals surface area contributed by atoms with E-state index in [-0.39, 0.29) is 0 Å². The molecule has 0 aliphatic carbocycles. The highest BCUT2D eigenvalue weighted by Crippen LogP contribution is 2.30. The number of hydrogen-bond donors (Lipinski definition) is 2. The molecule has 0 saturated heterocycles. The molecule has 20 heavy (non-hydrogen) atoms. The predicted molar refractivity (Wildman–Crippen MR) is 79.1 cm³/mol. The number of hydrogen-bond acceptors (Lipinski definition) is 4. The van der Waals surface area contributed by atoms with Crippen molar-refractivity contribution < 1.29 is 0 Å². The third-order valence-electron chi connectivity index (χ3n) is 3.02. The maximum absolute atomic E-state index is 8.99. The van der Waals surface area contributed by atoms with E-state index in [1.165, 1.54) is 0 Å². The van der Waals surface area contributed by atoms with Gasteiger partial charge in [-0.1, -0.05) is 11.6 Å². The van der Waals surface area contributed by atoms with Gasteiger partial charge >= 0.3 is 0 Å². The first-order chi connectivity index (χ1) is 9.65. The summed E-state index contributed by atoms with van der Waals surface area (Å²) in [6.45, 7) is 2.13. The molecule has 0 radical (unpaired) electrons. The molecule has 1 aromatic heterocycles. The summed E-state index contributed by atoms with van der Waals surface area (Å²) in [5.41, 5.74) is 8.68. The largest absolute Gasteiger partial charge is 0.329 e. The van der Waals surface area contributed by atoms with Crippen molar-refractivity contribution in [3.05, 3.63) is 40.5 Å². The number of H-pyrrole nitrogens is 1. The maximum Gasteiger partial charge on any atom is 0.0991 e. The highest BCUT2D eigenvalue weighted by Gasteiger charge is 2.14. The molecule has 2 aromatic rings. The molecule has 0 fully saturated rings. The third kappa shape index (κ3) is 3.17. The van der Waals surface area contributed by atoms with Crippen molar-refractivity contribution in [3.63, 3.8) is 0 Å². The normalized spacial score (nSPS) is 10.8. The van der Waals surface area contributed by atoms with Gasteiger partial charge in [-0.05, 0) is 25.2 Å². The minimum atomic E-state index is 0.564. The molecular weight excluding hydrogens is 274 g/mol. The van der Waals surface area contributed by atoms with Gasteiger partial charge in [-0.3, -0.25) is 5.10 Å². The van der Waals surface area contributed by atoms with Crippen molar-refractivity contribution in [2.75, 3.05) is 20.1 Å². The lowest BCUT2D eigenvalue weighted by atomic mass is 10.1. The van der Waals surface area contributed by atoms with Gasteiger partial charge in [0.25, 0.3) is 0 Å². The van der Waals surface area contributed by atoms with Gasteiger partial charge in [-0.25, -0.2) is 0 Å². The number of nitrogens with two attached hydrogens (primary N) is 1. The maximum atomic E-state index is 8.99. The van der Waals surface area contributed by atoms with Gasteiger partial charge in [0.15, 0.2) is 0 Å². The van der Waals surface area contributed by atoms with E-state index in [0.29, 0.717) is 17.1 Å². The quantitative estimate of drug-likeness (QED) is 0.882. The number of nitriles is 1. The molecular formula is C14H16ClN5. The van der Waals surface area contributed by atoms with Crippen LogP contribution in [0.3, 0.4) is 0 Å². The van der Waals surface area contributed by atoms with Crippen LogP contribution in [0, 0.1) is 11.3 Å². The molecule has 104 valence electrons. The average molecular weight is 290 g/mol. The minimum Gasteiger partial charge on any atom is -0.329 e. The number of halogens is 1. The number of aromatic nitrogens is 2. The summed E-state index contributed by atoms with van der Waals surface area (Å²) in [7, 11) is 2.00. The van der Waals surface area contributed by atoms with Crippen LogP contribution in [0.4, 0.5) is 0 Å². The second-order valence-corrected chi connectivity index (χ2v) is 5.00. The summed E-state index contributed by atoms with van der Waals surface area (Å²) in [5.74, 6) is 0. The van der Waals surface area contributed by atoms with Gasteiger partial charge in [-0.15, -0.1) is 0 Å². The van der Waals surface area contributed by atoms with Crippen LogP contribution < -0.4 is 5.73 Å². The van der Waals surface area contributed by atoms with E-state index in [2.05, 4.69) is 21.2 Å². The Hall–Kier alpha value is -1.87. The summed E-state index contributed by atoms with van der Waals surface area (Å²) in [6.07, 6.45) is 1.84. The first-order valence-electron chi connectivity index (χ1n) is 6.27. The standard InChI is InChI=1S/C14H16ClN5/c1-20(5-4-16)9-11-8-18-19-14(11)12-6-10(7-17)2-3-13(12)15/h2-3,6,8H,4-5,9,16H2,1H3,(H,18,19). The molecule has 0 aliphatic heterocycles. The van der Waals surface area contributed by atoms with Gasteiger partial charge in [0.2, 0.25) is 0 Å². The van der Waals surface area contributed by atoms with E-state index in [9.17, 15) is 0 Å². The fraction of sp³-hybridized carbons (Fsp3) is 0.286. The second kappa shape index (κ2) is 6.53. The molecule has 0 amide bonds. The first kappa shape index (κ1) is 14.5. The average Bonchev–Trinajstić information content (AvgIpc) is 2.87. The number of nitrogens with one attached hydrogen (secondary N) is 1. The fourth-order valence-electron chi connectivity index (χ4n) is 2.04. The summed E-state index contributed by atoms with van der Waals surface area (Å²) < 4.78 is 0. The van der Waals surface area contributed by atoms with E-state index in [4.69, 9.17) is 22.6 Å².